The van der Waals surface area contributed by atoms with Gasteiger partial charge in [0.1, 0.15) is 6.10 Å². The first-order chi connectivity index (χ1) is 10.7. The first-order valence-corrected chi connectivity index (χ1v) is 7.29. The molecule has 0 aliphatic carbocycles. The van der Waals surface area contributed by atoms with Gasteiger partial charge in [0.2, 0.25) is 0 Å². The van der Waals surface area contributed by atoms with Crippen molar-refractivity contribution in [2.75, 3.05) is 7.05 Å². The number of ether oxygens (including phenoxy) is 1. The first-order valence-electron chi connectivity index (χ1n) is 7.29. The summed E-state index contributed by atoms with van der Waals surface area (Å²) in [5.74, 6) is -0.430. The molecule has 0 saturated heterocycles. The van der Waals surface area contributed by atoms with Crippen LogP contribution in [0.4, 0.5) is 0 Å². The molecule has 2 unspecified atom stereocenters. The van der Waals surface area contributed by atoms with Crippen molar-refractivity contribution in [2.24, 2.45) is 0 Å². The monoisotopic (exact) mass is 299 g/mol. The molecule has 0 aliphatic rings. The number of hydrogen-bond acceptors (Lipinski definition) is 4. The third-order valence-corrected chi connectivity index (χ3v) is 3.68. The van der Waals surface area contributed by atoms with Crippen LogP contribution in [0.25, 0.3) is 0 Å². The Balaban J connectivity index is 2.25. The quantitative estimate of drug-likeness (QED) is 0.805. The molecule has 2 aromatic rings. The van der Waals surface area contributed by atoms with Crippen LogP contribution in [0.5, 0.6) is 0 Å². The Bertz CT molecular complexity index is 613. The van der Waals surface area contributed by atoms with E-state index in [1.807, 2.05) is 44.3 Å². The number of aliphatic hydroxyl groups is 1. The molecular weight excluding hydrogens is 278 g/mol. The van der Waals surface area contributed by atoms with Crippen LogP contribution in [0.2, 0.25) is 0 Å². The SMILES string of the molecule is CNC(C)C(OC(=O)c1ccccc1CO)c1ccccc1. The largest absolute Gasteiger partial charge is 0.452 e. The van der Waals surface area contributed by atoms with Gasteiger partial charge in [-0.1, -0.05) is 48.5 Å². The molecule has 2 aromatic carbocycles. The molecule has 0 amide bonds. The first kappa shape index (κ1) is 16.2. The number of carbonyl (C=O) groups is 1. The van der Waals surface area contributed by atoms with Gasteiger partial charge >= 0.3 is 5.97 Å². The minimum Gasteiger partial charge on any atom is -0.452 e. The maximum absolute atomic E-state index is 12.5. The van der Waals surface area contributed by atoms with Gasteiger partial charge < -0.3 is 15.2 Å². The van der Waals surface area contributed by atoms with Crippen LogP contribution in [-0.4, -0.2) is 24.2 Å². The molecule has 2 rings (SSSR count). The van der Waals surface area contributed by atoms with Gasteiger partial charge in [0.25, 0.3) is 0 Å². The van der Waals surface area contributed by atoms with Crippen LogP contribution in [0, 0.1) is 0 Å². The second kappa shape index (κ2) is 7.73. The maximum atomic E-state index is 12.5. The Labute approximate surface area is 130 Å². The molecule has 0 aliphatic heterocycles. The number of esters is 1. The van der Waals surface area contributed by atoms with E-state index in [0.717, 1.165) is 5.56 Å². The van der Waals surface area contributed by atoms with Gasteiger partial charge in [-0.2, -0.15) is 0 Å². The predicted molar refractivity (Wildman–Crippen MR) is 85.5 cm³/mol. The minimum absolute atomic E-state index is 0.0346. The fourth-order valence-electron chi connectivity index (χ4n) is 2.29. The molecule has 2 N–H and O–H groups in total. The number of benzene rings is 2. The smallest absolute Gasteiger partial charge is 0.339 e. The molecule has 0 radical (unpaired) electrons. The normalized spacial score (nSPS) is 13.4. The van der Waals surface area contributed by atoms with E-state index in [1.54, 1.807) is 24.3 Å². The summed E-state index contributed by atoms with van der Waals surface area (Å²) >= 11 is 0. The van der Waals surface area contributed by atoms with Crippen LogP contribution >= 0.6 is 0 Å². The fraction of sp³-hybridized carbons (Fsp3) is 0.278. The third-order valence-electron chi connectivity index (χ3n) is 3.68. The second-order valence-corrected chi connectivity index (χ2v) is 5.13. The molecule has 0 bridgehead atoms. The van der Waals surface area contributed by atoms with Crippen LogP contribution in [0.15, 0.2) is 54.6 Å². The average molecular weight is 299 g/mol. The molecule has 0 spiro atoms. The topological polar surface area (TPSA) is 58.6 Å². The number of likely N-dealkylation sites (N-methyl/N-ethyl adjacent to an activating group) is 1. The van der Waals surface area contributed by atoms with Crippen LogP contribution in [0.1, 0.15) is 34.5 Å². The minimum atomic E-state index is -0.430. The fourth-order valence-corrected chi connectivity index (χ4v) is 2.29. The van der Waals surface area contributed by atoms with E-state index in [1.165, 1.54) is 0 Å². The lowest BCUT2D eigenvalue weighted by atomic mass is 10.0. The molecule has 0 saturated carbocycles. The molecule has 4 nitrogen and oxygen atoms in total. The number of aliphatic hydroxyl groups excluding tert-OH is 1. The van der Waals surface area contributed by atoms with E-state index in [-0.39, 0.29) is 12.6 Å². The molecule has 116 valence electrons. The van der Waals surface area contributed by atoms with Crippen LogP contribution < -0.4 is 5.32 Å². The van der Waals surface area contributed by atoms with E-state index in [2.05, 4.69) is 5.32 Å². The summed E-state index contributed by atoms with van der Waals surface area (Å²) in [6, 6.07) is 16.5. The Morgan fingerprint density at radius 3 is 2.41 bits per heavy atom. The third kappa shape index (κ3) is 3.72. The Morgan fingerprint density at radius 2 is 1.77 bits per heavy atom. The van der Waals surface area contributed by atoms with Crippen molar-refractivity contribution in [1.29, 1.82) is 0 Å². The molecular formula is C18H21NO3. The van der Waals surface area contributed by atoms with Gasteiger partial charge in [-0.25, -0.2) is 4.79 Å². The summed E-state index contributed by atoms with van der Waals surface area (Å²) in [5.41, 5.74) is 1.89. The summed E-state index contributed by atoms with van der Waals surface area (Å²) < 4.78 is 5.71. The number of rotatable bonds is 6. The number of nitrogens with one attached hydrogen (secondary N) is 1. The predicted octanol–water partition coefficient (Wildman–Crippen LogP) is 2.68. The van der Waals surface area contributed by atoms with Crippen molar-refractivity contribution in [1.82, 2.24) is 5.32 Å². The van der Waals surface area contributed by atoms with E-state index in [9.17, 15) is 9.90 Å². The Morgan fingerprint density at radius 1 is 1.14 bits per heavy atom. The average Bonchev–Trinajstić information content (AvgIpc) is 2.59. The highest BCUT2D eigenvalue weighted by Gasteiger charge is 2.24. The van der Waals surface area contributed by atoms with E-state index < -0.39 is 12.1 Å². The number of carbonyl (C=O) groups excluding carboxylic acids is 1. The van der Waals surface area contributed by atoms with Crippen molar-refractivity contribution >= 4 is 5.97 Å². The standard InChI is InChI=1S/C18H21NO3/c1-13(19-2)17(14-8-4-3-5-9-14)22-18(21)16-11-7-6-10-15(16)12-20/h3-11,13,17,19-20H,12H2,1-2H3. The summed E-state index contributed by atoms with van der Waals surface area (Å²) in [7, 11) is 1.83. The van der Waals surface area contributed by atoms with Gasteiger partial charge in [-0.3, -0.25) is 0 Å². The van der Waals surface area contributed by atoms with E-state index >= 15 is 0 Å². The molecule has 0 heterocycles. The molecule has 0 aromatic heterocycles. The summed E-state index contributed by atoms with van der Waals surface area (Å²) in [4.78, 5) is 12.5. The zero-order valence-corrected chi connectivity index (χ0v) is 12.8. The van der Waals surface area contributed by atoms with E-state index in [4.69, 9.17) is 4.74 Å². The Kier molecular flexibility index (Phi) is 5.69. The van der Waals surface area contributed by atoms with E-state index in [0.29, 0.717) is 11.1 Å². The zero-order chi connectivity index (χ0) is 15.9. The van der Waals surface area contributed by atoms with Crippen LogP contribution in [-0.2, 0) is 11.3 Å². The molecule has 0 fully saturated rings. The molecule has 2 atom stereocenters. The molecule has 4 heteroatoms. The Hall–Kier alpha value is -2.17. The number of hydrogen-bond donors (Lipinski definition) is 2. The second-order valence-electron chi connectivity index (χ2n) is 5.13. The van der Waals surface area contributed by atoms with Gasteiger partial charge in [-0.15, -0.1) is 0 Å². The highest BCUT2D eigenvalue weighted by Crippen LogP contribution is 2.23. The summed E-state index contributed by atoms with van der Waals surface area (Å²) in [5, 5.41) is 12.5. The lowest BCUT2D eigenvalue weighted by Crippen LogP contribution is -2.32. The van der Waals surface area contributed by atoms with Gasteiger partial charge in [0.15, 0.2) is 0 Å². The maximum Gasteiger partial charge on any atom is 0.339 e. The highest BCUT2D eigenvalue weighted by atomic mass is 16.5. The van der Waals surface area contributed by atoms with Crippen molar-refractivity contribution in [3.05, 3.63) is 71.3 Å². The van der Waals surface area contributed by atoms with Crippen molar-refractivity contribution in [3.8, 4) is 0 Å². The van der Waals surface area contributed by atoms with Crippen molar-refractivity contribution < 1.29 is 14.6 Å². The highest BCUT2D eigenvalue weighted by molar-refractivity contribution is 5.91. The van der Waals surface area contributed by atoms with Crippen molar-refractivity contribution in [2.45, 2.75) is 25.7 Å². The lowest BCUT2D eigenvalue weighted by Gasteiger charge is -2.24. The lowest BCUT2D eigenvalue weighted by molar-refractivity contribution is 0.0216. The zero-order valence-electron chi connectivity index (χ0n) is 12.8. The van der Waals surface area contributed by atoms with Crippen molar-refractivity contribution in [3.63, 3.8) is 0 Å². The summed E-state index contributed by atoms with van der Waals surface area (Å²) in [6.07, 6.45) is -0.398. The van der Waals surface area contributed by atoms with Crippen LogP contribution in [0.3, 0.4) is 0 Å². The summed E-state index contributed by atoms with van der Waals surface area (Å²) in [6.45, 7) is 1.77. The molecule has 22 heavy (non-hydrogen) atoms. The van der Waals surface area contributed by atoms with Gasteiger partial charge in [0.05, 0.1) is 12.2 Å². The van der Waals surface area contributed by atoms with Gasteiger partial charge in [0, 0.05) is 6.04 Å². The van der Waals surface area contributed by atoms with Gasteiger partial charge in [-0.05, 0) is 31.2 Å².